The second-order valence-electron chi connectivity index (χ2n) is 2.60. The fraction of sp³-hybridized carbons (Fsp3) is 1.00. The van der Waals surface area contributed by atoms with Crippen molar-refractivity contribution in [2.24, 2.45) is 0 Å². The van der Waals surface area contributed by atoms with Crippen molar-refractivity contribution in [3.05, 3.63) is 0 Å². The van der Waals surface area contributed by atoms with Crippen LogP contribution < -0.4 is 0 Å². The third kappa shape index (κ3) is 4.87. The first-order valence-electron chi connectivity index (χ1n) is 3.63. The molecule has 0 aromatic carbocycles. The predicted molar refractivity (Wildman–Crippen MR) is 44.5 cm³/mol. The molecule has 1 N–H and O–H groups in total. The van der Waals surface area contributed by atoms with Crippen LogP contribution in [0.25, 0.3) is 0 Å². The Kier molecular flexibility index (Phi) is 4.43. The molecule has 0 aliphatic rings. The van der Waals surface area contributed by atoms with E-state index in [0.717, 1.165) is 25.7 Å². The van der Waals surface area contributed by atoms with Gasteiger partial charge in [0.15, 0.2) is 0 Å². The Morgan fingerprint density at radius 3 is 1.78 bits per heavy atom. The molecule has 0 radical (unpaired) electrons. The molecule has 0 aliphatic heterocycles. The predicted octanol–water partition coefficient (Wildman–Crippen LogP) is 2.15. The highest BCUT2D eigenvalue weighted by molar-refractivity contribution is 7.18. The van der Waals surface area contributed by atoms with Gasteiger partial charge in [-0.3, -0.25) is 0 Å². The van der Waals surface area contributed by atoms with Crippen molar-refractivity contribution in [2.75, 3.05) is 0 Å². The summed E-state index contributed by atoms with van der Waals surface area (Å²) in [7, 11) is 2.51. The van der Waals surface area contributed by atoms with Gasteiger partial charge in [-0.25, -0.2) is 0 Å². The average molecular weight is 148 g/mol. The molecule has 9 heavy (non-hydrogen) atoms. The summed E-state index contributed by atoms with van der Waals surface area (Å²) in [5.74, 6) is 0. The van der Waals surface area contributed by atoms with Crippen LogP contribution in [0, 0.1) is 0 Å². The van der Waals surface area contributed by atoms with E-state index in [9.17, 15) is 5.11 Å². The summed E-state index contributed by atoms with van der Waals surface area (Å²) in [6.07, 6.45) is 3.90. The summed E-state index contributed by atoms with van der Waals surface area (Å²) in [6, 6.07) is 0. The van der Waals surface area contributed by atoms with Gasteiger partial charge in [-0.2, -0.15) is 0 Å². The zero-order chi connectivity index (χ0) is 7.33. The Bertz CT molecular complexity index is 63.3. The molecule has 1 nitrogen and oxygen atoms in total. The van der Waals surface area contributed by atoms with Crippen molar-refractivity contribution < 1.29 is 5.11 Å². The van der Waals surface area contributed by atoms with Crippen molar-refractivity contribution in [3.63, 3.8) is 0 Å². The largest absolute Gasteiger partial charge is 0.386 e. The second-order valence-corrected chi connectivity index (χ2v) is 3.68. The lowest BCUT2D eigenvalue weighted by Gasteiger charge is -2.20. The lowest BCUT2D eigenvalue weighted by atomic mass is 10.1. The maximum absolute atomic E-state index is 9.48. The highest BCUT2D eigenvalue weighted by Gasteiger charge is 2.16. The van der Waals surface area contributed by atoms with Crippen LogP contribution in [0.2, 0.25) is 0 Å². The molecule has 0 heterocycles. The molecule has 0 saturated carbocycles. The van der Waals surface area contributed by atoms with Gasteiger partial charge in [0.2, 0.25) is 0 Å². The summed E-state index contributed by atoms with van der Waals surface area (Å²) in [4.78, 5) is 0. The average Bonchev–Trinajstić information content (AvgIpc) is 1.64. The first kappa shape index (κ1) is 9.39. The van der Waals surface area contributed by atoms with Crippen molar-refractivity contribution in [3.8, 4) is 0 Å². The smallest absolute Gasteiger partial charge is 0.0778 e. The van der Waals surface area contributed by atoms with E-state index in [1.165, 1.54) is 0 Å². The van der Waals surface area contributed by atoms with Crippen LogP contribution in [0.5, 0.6) is 0 Å². The second kappa shape index (κ2) is 4.24. The van der Waals surface area contributed by atoms with Crippen LogP contribution >= 0.6 is 9.24 Å². The summed E-state index contributed by atoms with van der Waals surface area (Å²) >= 11 is 0. The Morgan fingerprint density at radius 2 is 1.56 bits per heavy atom. The van der Waals surface area contributed by atoms with E-state index in [2.05, 4.69) is 23.1 Å². The summed E-state index contributed by atoms with van der Waals surface area (Å²) in [5, 5.41) is 8.99. The molecule has 1 unspecified atom stereocenters. The summed E-state index contributed by atoms with van der Waals surface area (Å²) < 4.78 is 0. The molecular weight excluding hydrogens is 131 g/mol. The number of aliphatic hydroxyl groups is 1. The summed E-state index contributed by atoms with van der Waals surface area (Å²) in [6.45, 7) is 4.18. The van der Waals surface area contributed by atoms with Gasteiger partial charge < -0.3 is 5.11 Å². The van der Waals surface area contributed by atoms with Gasteiger partial charge in [0.25, 0.3) is 0 Å². The number of hydrogen-bond acceptors (Lipinski definition) is 1. The van der Waals surface area contributed by atoms with Crippen LogP contribution in [-0.4, -0.2) is 10.4 Å². The van der Waals surface area contributed by atoms with Crippen molar-refractivity contribution >= 4 is 9.24 Å². The maximum atomic E-state index is 9.48. The molecule has 0 amide bonds. The quantitative estimate of drug-likeness (QED) is 0.605. The van der Waals surface area contributed by atoms with Crippen molar-refractivity contribution in [2.45, 2.75) is 44.9 Å². The minimum absolute atomic E-state index is 0.483. The zero-order valence-corrected chi connectivity index (χ0v) is 7.51. The number of rotatable bonds is 4. The van der Waals surface area contributed by atoms with E-state index in [1.807, 2.05) is 0 Å². The third-order valence-electron chi connectivity index (χ3n) is 1.37. The zero-order valence-electron chi connectivity index (χ0n) is 6.35. The van der Waals surface area contributed by atoms with Crippen molar-refractivity contribution in [1.82, 2.24) is 0 Å². The van der Waals surface area contributed by atoms with E-state index in [1.54, 1.807) is 0 Å². The van der Waals surface area contributed by atoms with E-state index in [-0.39, 0.29) is 0 Å². The van der Waals surface area contributed by atoms with E-state index >= 15 is 0 Å². The van der Waals surface area contributed by atoms with Crippen LogP contribution in [0.4, 0.5) is 0 Å². The van der Waals surface area contributed by atoms with E-state index < -0.39 is 5.34 Å². The topological polar surface area (TPSA) is 20.2 Å². The molecule has 0 bridgehead atoms. The molecule has 0 saturated heterocycles. The molecule has 2 heteroatoms. The highest BCUT2D eigenvalue weighted by atomic mass is 31.0. The molecule has 0 aliphatic carbocycles. The summed E-state index contributed by atoms with van der Waals surface area (Å²) in [5.41, 5.74) is 0. The van der Waals surface area contributed by atoms with Gasteiger partial charge in [0.05, 0.1) is 5.34 Å². The van der Waals surface area contributed by atoms with Gasteiger partial charge in [0, 0.05) is 0 Å². The monoisotopic (exact) mass is 148 g/mol. The van der Waals surface area contributed by atoms with Crippen LogP contribution in [0.15, 0.2) is 0 Å². The molecule has 0 spiro atoms. The van der Waals surface area contributed by atoms with E-state index in [4.69, 9.17) is 0 Å². The molecule has 0 rings (SSSR count). The van der Waals surface area contributed by atoms with Crippen LogP contribution in [0.1, 0.15) is 39.5 Å². The van der Waals surface area contributed by atoms with Crippen molar-refractivity contribution in [1.29, 1.82) is 0 Å². The lowest BCUT2D eigenvalue weighted by molar-refractivity contribution is 0.115. The molecule has 0 fully saturated rings. The SMILES string of the molecule is CCCC(O)(P)CCC. The van der Waals surface area contributed by atoms with Crippen LogP contribution in [-0.2, 0) is 0 Å². The lowest BCUT2D eigenvalue weighted by Crippen LogP contribution is -2.18. The minimum atomic E-state index is -0.483. The van der Waals surface area contributed by atoms with E-state index in [0.29, 0.717) is 0 Å². The third-order valence-corrected chi connectivity index (χ3v) is 1.94. The normalized spacial score (nSPS) is 12.0. The standard InChI is InChI=1S/C7H17OP/c1-3-5-7(8,9)6-4-2/h8H,3-6,9H2,1-2H3. The maximum Gasteiger partial charge on any atom is 0.0778 e. The number of hydrogen-bond donors (Lipinski definition) is 1. The van der Waals surface area contributed by atoms with Gasteiger partial charge in [-0.15, -0.1) is 9.24 Å². The van der Waals surface area contributed by atoms with Gasteiger partial charge in [0.1, 0.15) is 0 Å². The first-order valence-corrected chi connectivity index (χ1v) is 4.21. The Balaban J connectivity index is 3.43. The first-order chi connectivity index (χ1) is 4.12. The minimum Gasteiger partial charge on any atom is -0.386 e. The molecular formula is C7H17OP. The Labute approximate surface area is 60.1 Å². The van der Waals surface area contributed by atoms with Gasteiger partial charge in [-0.05, 0) is 12.8 Å². The Hall–Kier alpha value is 0.390. The fourth-order valence-corrected chi connectivity index (χ4v) is 1.57. The molecule has 1 atom stereocenters. The van der Waals surface area contributed by atoms with Gasteiger partial charge in [-0.1, -0.05) is 26.7 Å². The van der Waals surface area contributed by atoms with Gasteiger partial charge >= 0.3 is 0 Å². The Morgan fingerprint density at radius 1 is 1.22 bits per heavy atom. The molecule has 0 aromatic rings. The molecule has 0 aromatic heterocycles. The fourth-order valence-electron chi connectivity index (χ4n) is 0.991. The highest BCUT2D eigenvalue weighted by Crippen LogP contribution is 2.25. The molecule has 56 valence electrons. The van der Waals surface area contributed by atoms with Crippen LogP contribution in [0.3, 0.4) is 0 Å².